The highest BCUT2D eigenvalue weighted by atomic mass is 32.2. The van der Waals surface area contributed by atoms with Gasteiger partial charge in [-0.25, -0.2) is 0 Å². The standard InChI is InChI=1S/C78H58N2S2/c1-81(2)61-47-43-59(44-48-61)79(55-21-7-5-8-22-55)57-39-35-53(36-40-57)75-65-27-13-17-31-69(65)77(70-32-18-14-28-66(70)75)73-51-52-74(64-26-12-11-25-63(64)73)78-71-33-19-15-29-67(71)76(68-30-16-20-34-72(68)78)54-37-41-58(42-38-54)80(56-23-9-6-10-24-56)60-45-49-62(50-46-60)82(3)4/h5-52H,1,3H2,2,4H3. The summed E-state index contributed by atoms with van der Waals surface area (Å²) in [6, 6.07) is 107. The molecular weight excluding hydrogens is 1030 g/mol. The van der Waals surface area contributed by atoms with Crippen molar-refractivity contribution in [1.29, 1.82) is 0 Å². The Morgan fingerprint density at radius 1 is 0.220 bits per heavy atom. The second kappa shape index (κ2) is 21.5. The van der Waals surface area contributed by atoms with Crippen LogP contribution in [0.25, 0.3) is 98.4 Å². The highest BCUT2D eigenvalue weighted by Crippen LogP contribution is 2.50. The van der Waals surface area contributed by atoms with Crippen molar-refractivity contribution >= 4 is 121 Å². The molecule has 2 unspecified atom stereocenters. The van der Waals surface area contributed by atoms with Gasteiger partial charge in [0.25, 0.3) is 0 Å². The summed E-state index contributed by atoms with van der Waals surface area (Å²) in [6.07, 6.45) is 4.33. The predicted octanol–water partition coefficient (Wildman–Crippen LogP) is 22.4. The van der Waals surface area contributed by atoms with Crippen LogP contribution in [0.15, 0.2) is 301 Å². The molecule has 0 spiro atoms. The van der Waals surface area contributed by atoms with Gasteiger partial charge in [0.05, 0.1) is 0 Å². The smallest absolute Gasteiger partial charge is 0.0462 e. The van der Waals surface area contributed by atoms with Crippen LogP contribution >= 0.6 is 21.0 Å². The molecule has 14 rings (SSSR count). The fraction of sp³-hybridized carbons (Fsp3) is 0.0256. The van der Waals surface area contributed by atoms with Crippen molar-refractivity contribution in [3.05, 3.63) is 291 Å². The Balaban J connectivity index is 0.893. The average Bonchev–Trinajstić information content (AvgIpc) is 3.60. The van der Waals surface area contributed by atoms with Crippen LogP contribution < -0.4 is 9.80 Å². The van der Waals surface area contributed by atoms with Crippen molar-refractivity contribution in [2.75, 3.05) is 22.3 Å². The van der Waals surface area contributed by atoms with Crippen LogP contribution in [-0.4, -0.2) is 24.3 Å². The van der Waals surface area contributed by atoms with Gasteiger partial charge in [-0.05, 0) is 208 Å². The van der Waals surface area contributed by atoms with Crippen molar-refractivity contribution < 1.29 is 0 Å². The van der Waals surface area contributed by atoms with Gasteiger partial charge in [0.1, 0.15) is 0 Å². The predicted molar refractivity (Wildman–Crippen MR) is 363 cm³/mol. The van der Waals surface area contributed by atoms with Crippen molar-refractivity contribution in [1.82, 2.24) is 0 Å². The second-order valence-corrected chi connectivity index (χ2v) is 24.6. The number of nitrogens with zero attached hydrogens (tertiary/aromatic N) is 2. The molecule has 0 saturated carbocycles. The Labute approximate surface area is 485 Å². The monoisotopic (exact) mass is 1090 g/mol. The number of para-hydroxylation sites is 2. The van der Waals surface area contributed by atoms with Crippen molar-refractivity contribution in [3.8, 4) is 44.5 Å². The summed E-state index contributed by atoms with van der Waals surface area (Å²) in [5, 5.41) is 12.2. The first-order valence-electron chi connectivity index (χ1n) is 27.8. The van der Waals surface area contributed by atoms with E-state index in [0.717, 1.165) is 34.1 Å². The lowest BCUT2D eigenvalue weighted by Gasteiger charge is -2.26. The normalized spacial score (nSPS) is 12.3. The van der Waals surface area contributed by atoms with Crippen LogP contribution in [0, 0.1) is 0 Å². The summed E-state index contributed by atoms with van der Waals surface area (Å²) >= 11 is 0. The van der Waals surface area contributed by atoms with E-state index in [1.165, 1.54) is 108 Å². The third kappa shape index (κ3) is 8.98. The molecule has 0 aliphatic carbocycles. The minimum Gasteiger partial charge on any atom is -0.311 e. The molecule has 0 N–H and O–H groups in total. The summed E-state index contributed by atoms with van der Waals surface area (Å²) in [7, 11) is -0.130. The number of anilines is 6. The minimum absolute atomic E-state index is 0.0649. The SMILES string of the molecule is C=S(C)c1ccc(N(c2ccccc2)c2ccc(-c3c4ccccc4c(-c4ccc(-c5c6ccccc6c(-c6ccc(N(c7ccccc7)c7ccc(S(=C)C)cc7)cc6)c6ccccc56)c5ccccc45)c4ccccc34)cc2)cc1. The van der Waals surface area contributed by atoms with Crippen LogP contribution in [0.4, 0.5) is 34.1 Å². The fourth-order valence-electron chi connectivity index (χ4n) is 12.5. The molecule has 2 nitrogen and oxygen atoms in total. The molecule has 0 aromatic heterocycles. The number of hydrogen-bond donors (Lipinski definition) is 0. The van der Waals surface area contributed by atoms with E-state index >= 15 is 0 Å². The van der Waals surface area contributed by atoms with Gasteiger partial charge in [-0.2, -0.15) is 21.0 Å². The molecule has 0 bridgehead atoms. The van der Waals surface area contributed by atoms with Crippen molar-refractivity contribution in [2.45, 2.75) is 9.79 Å². The van der Waals surface area contributed by atoms with E-state index in [2.05, 4.69) is 325 Å². The summed E-state index contributed by atoms with van der Waals surface area (Å²) < 4.78 is 0. The topological polar surface area (TPSA) is 6.48 Å². The van der Waals surface area contributed by atoms with Crippen LogP contribution in [0.5, 0.6) is 0 Å². The van der Waals surface area contributed by atoms with Gasteiger partial charge < -0.3 is 9.80 Å². The van der Waals surface area contributed by atoms with Crippen molar-refractivity contribution in [3.63, 3.8) is 0 Å². The molecule has 0 aliphatic rings. The molecule has 0 fully saturated rings. The molecule has 4 heteroatoms. The minimum atomic E-state index is -0.0649. The lowest BCUT2D eigenvalue weighted by molar-refractivity contribution is 1.27. The molecule has 392 valence electrons. The molecule has 0 aliphatic heterocycles. The molecule has 0 amide bonds. The van der Waals surface area contributed by atoms with Gasteiger partial charge in [0.15, 0.2) is 0 Å². The van der Waals surface area contributed by atoms with Crippen molar-refractivity contribution in [2.24, 2.45) is 0 Å². The number of fused-ring (bicyclic) bond motifs is 5. The maximum atomic E-state index is 4.29. The largest absolute Gasteiger partial charge is 0.311 e. The average molecular weight is 1090 g/mol. The van der Waals surface area contributed by atoms with Crippen LogP contribution in [0.2, 0.25) is 0 Å². The Kier molecular flexibility index (Phi) is 13.3. The quantitative estimate of drug-likeness (QED) is 0.0889. The zero-order valence-corrected chi connectivity index (χ0v) is 47.5. The highest BCUT2D eigenvalue weighted by molar-refractivity contribution is 8.13. The number of rotatable bonds is 12. The molecule has 0 saturated heterocycles. The molecule has 2 atom stereocenters. The molecule has 0 radical (unpaired) electrons. The lowest BCUT2D eigenvalue weighted by atomic mass is 9.82. The first kappa shape index (κ1) is 50.6. The maximum Gasteiger partial charge on any atom is 0.0462 e. The third-order valence-corrected chi connectivity index (χ3v) is 18.3. The van der Waals surface area contributed by atoms with Crippen LogP contribution in [-0.2, 0) is 0 Å². The fourth-order valence-corrected chi connectivity index (χ4v) is 13.7. The number of hydrogen-bond acceptors (Lipinski definition) is 2. The van der Waals surface area contributed by atoms with Gasteiger partial charge in [-0.1, -0.05) is 206 Å². The summed E-state index contributed by atoms with van der Waals surface area (Å²) in [4.78, 5) is 7.17. The first-order chi connectivity index (χ1) is 40.4. The Bertz CT molecular complexity index is 4340. The molecule has 82 heavy (non-hydrogen) atoms. The van der Waals surface area contributed by atoms with Gasteiger partial charge in [0.2, 0.25) is 0 Å². The highest BCUT2D eigenvalue weighted by Gasteiger charge is 2.23. The zero-order chi connectivity index (χ0) is 55.3. The maximum absolute atomic E-state index is 4.29. The molecule has 14 aromatic rings. The zero-order valence-electron chi connectivity index (χ0n) is 45.8. The van der Waals surface area contributed by atoms with Gasteiger partial charge in [0, 0.05) is 43.9 Å². The van der Waals surface area contributed by atoms with Gasteiger partial charge >= 0.3 is 0 Å². The van der Waals surface area contributed by atoms with Crippen LogP contribution in [0.1, 0.15) is 0 Å². The lowest BCUT2D eigenvalue weighted by Crippen LogP contribution is -2.09. The summed E-state index contributed by atoms with van der Waals surface area (Å²) in [5.74, 6) is 8.59. The van der Waals surface area contributed by atoms with Gasteiger partial charge in [-0.15, -0.1) is 0 Å². The van der Waals surface area contributed by atoms with Gasteiger partial charge in [-0.3, -0.25) is 0 Å². The van der Waals surface area contributed by atoms with Crippen LogP contribution in [0.3, 0.4) is 0 Å². The third-order valence-electron chi connectivity index (χ3n) is 16.2. The van der Waals surface area contributed by atoms with E-state index < -0.39 is 0 Å². The summed E-state index contributed by atoms with van der Waals surface area (Å²) in [6.45, 7) is 0. The van der Waals surface area contributed by atoms with E-state index in [-0.39, 0.29) is 21.0 Å². The molecule has 0 heterocycles. The Hall–Kier alpha value is -9.58. The molecular formula is C78H58N2S2. The number of benzene rings is 14. The summed E-state index contributed by atoms with van der Waals surface area (Å²) in [5.41, 5.74) is 16.4. The van der Waals surface area contributed by atoms with E-state index in [0.29, 0.717) is 0 Å². The van der Waals surface area contributed by atoms with E-state index in [1.54, 1.807) is 0 Å². The Morgan fingerprint density at radius 2 is 0.439 bits per heavy atom. The Morgan fingerprint density at radius 3 is 0.707 bits per heavy atom. The second-order valence-electron chi connectivity index (χ2n) is 21.1. The van der Waals surface area contributed by atoms with E-state index in [1.807, 2.05) is 0 Å². The molecule has 14 aromatic carbocycles. The van der Waals surface area contributed by atoms with E-state index in [4.69, 9.17) is 0 Å². The first-order valence-corrected chi connectivity index (χ1v) is 31.4. The van der Waals surface area contributed by atoms with E-state index in [9.17, 15) is 0 Å².